The molecule has 2 rings (SSSR count). The minimum atomic E-state index is -0.856. The van der Waals surface area contributed by atoms with E-state index in [1.54, 1.807) is 4.90 Å². The molecule has 0 bridgehead atoms. The summed E-state index contributed by atoms with van der Waals surface area (Å²) < 4.78 is 5.51. The summed E-state index contributed by atoms with van der Waals surface area (Å²) in [7, 11) is 0. The zero-order chi connectivity index (χ0) is 15.4. The lowest BCUT2D eigenvalue weighted by Crippen LogP contribution is -2.40. The quantitative estimate of drug-likeness (QED) is 0.901. The first kappa shape index (κ1) is 16.3. The normalized spacial score (nSPS) is 16.2. The fraction of sp³-hybridized carbons (Fsp3) is 0.571. The second-order valence-electron chi connectivity index (χ2n) is 5.07. The third-order valence-electron chi connectivity index (χ3n) is 3.49. The van der Waals surface area contributed by atoms with Gasteiger partial charge in [-0.2, -0.15) is 0 Å². The van der Waals surface area contributed by atoms with E-state index in [2.05, 4.69) is 0 Å². The Morgan fingerprint density at radius 3 is 2.67 bits per heavy atom. The van der Waals surface area contributed by atoms with Crippen molar-refractivity contribution in [1.29, 1.82) is 0 Å². The number of aryl methyl sites for hydroxylation is 1. The van der Waals surface area contributed by atoms with E-state index in [9.17, 15) is 9.59 Å². The van der Waals surface area contributed by atoms with Crippen LogP contribution in [0.4, 0.5) is 0 Å². The number of halogens is 1. The predicted octanol–water partition coefficient (Wildman–Crippen LogP) is 2.81. The second kappa shape index (κ2) is 7.24. The summed E-state index contributed by atoms with van der Waals surface area (Å²) in [6.07, 6.45) is 1.51. The van der Waals surface area contributed by atoms with Crippen LogP contribution in [-0.2, 0) is 9.53 Å². The number of nitrogens with zero attached hydrogens (tertiary/aromatic N) is 1. The maximum absolute atomic E-state index is 12.4. The Labute approximate surface area is 132 Å². The van der Waals surface area contributed by atoms with Gasteiger partial charge in [0.2, 0.25) is 0 Å². The standard InChI is InChI=1S/C14H18ClNO4S/c1-9-8-21-13(12(9)15)14(19)16-5-2-10(3-6-16)20-7-4-11(17)18/h8,10H,2-7H2,1H3,(H,17,18). The van der Waals surface area contributed by atoms with E-state index >= 15 is 0 Å². The summed E-state index contributed by atoms with van der Waals surface area (Å²) in [5, 5.41) is 11.0. The van der Waals surface area contributed by atoms with Crippen LogP contribution in [0.2, 0.25) is 5.02 Å². The van der Waals surface area contributed by atoms with E-state index < -0.39 is 5.97 Å². The average molecular weight is 332 g/mol. The Balaban J connectivity index is 1.82. The SMILES string of the molecule is Cc1csc(C(=O)N2CCC(OCCC(=O)O)CC2)c1Cl. The lowest BCUT2D eigenvalue weighted by atomic mass is 10.1. The highest BCUT2D eigenvalue weighted by Gasteiger charge is 2.26. The van der Waals surface area contributed by atoms with Crippen LogP contribution in [0.5, 0.6) is 0 Å². The van der Waals surface area contributed by atoms with Crippen LogP contribution in [-0.4, -0.2) is 47.7 Å². The third kappa shape index (κ3) is 4.18. The minimum absolute atomic E-state index is 0.0171. The van der Waals surface area contributed by atoms with Crippen molar-refractivity contribution < 1.29 is 19.4 Å². The topological polar surface area (TPSA) is 66.8 Å². The van der Waals surface area contributed by atoms with Crippen LogP contribution >= 0.6 is 22.9 Å². The molecule has 1 N–H and O–H groups in total. The fourth-order valence-electron chi connectivity index (χ4n) is 2.26. The van der Waals surface area contributed by atoms with E-state index in [0.717, 1.165) is 18.4 Å². The van der Waals surface area contributed by atoms with Crippen molar-refractivity contribution in [3.05, 3.63) is 20.8 Å². The van der Waals surface area contributed by atoms with Crippen molar-refractivity contribution in [3.63, 3.8) is 0 Å². The zero-order valence-corrected chi connectivity index (χ0v) is 13.4. The Kier molecular flexibility index (Phi) is 5.61. The van der Waals surface area contributed by atoms with Crippen molar-refractivity contribution in [2.24, 2.45) is 0 Å². The highest BCUT2D eigenvalue weighted by atomic mass is 35.5. The molecule has 7 heteroatoms. The first-order valence-electron chi connectivity index (χ1n) is 6.85. The molecule has 116 valence electrons. The minimum Gasteiger partial charge on any atom is -0.481 e. The van der Waals surface area contributed by atoms with Crippen LogP contribution in [0.15, 0.2) is 5.38 Å². The van der Waals surface area contributed by atoms with Crippen LogP contribution < -0.4 is 0 Å². The number of likely N-dealkylation sites (tertiary alicyclic amines) is 1. The smallest absolute Gasteiger partial charge is 0.305 e. The Morgan fingerprint density at radius 2 is 2.14 bits per heavy atom. The number of carbonyl (C=O) groups excluding carboxylic acids is 1. The molecule has 0 radical (unpaired) electrons. The van der Waals surface area contributed by atoms with Crippen LogP contribution in [0, 0.1) is 6.92 Å². The van der Waals surface area contributed by atoms with Crippen LogP contribution in [0.1, 0.15) is 34.5 Å². The van der Waals surface area contributed by atoms with Gasteiger partial charge in [0.25, 0.3) is 5.91 Å². The van der Waals surface area contributed by atoms with Gasteiger partial charge in [0.15, 0.2) is 0 Å². The van der Waals surface area contributed by atoms with Gasteiger partial charge >= 0.3 is 5.97 Å². The van der Waals surface area contributed by atoms with Crippen molar-refractivity contribution in [3.8, 4) is 0 Å². The zero-order valence-electron chi connectivity index (χ0n) is 11.8. The second-order valence-corrected chi connectivity index (χ2v) is 6.33. The molecule has 1 saturated heterocycles. The molecule has 2 heterocycles. The molecule has 0 aliphatic carbocycles. The van der Waals surface area contributed by atoms with E-state index in [-0.39, 0.29) is 25.0 Å². The first-order valence-corrected chi connectivity index (χ1v) is 8.11. The van der Waals surface area contributed by atoms with Gasteiger partial charge in [-0.15, -0.1) is 11.3 Å². The fourth-order valence-corrected chi connectivity index (χ4v) is 3.50. The summed E-state index contributed by atoms with van der Waals surface area (Å²) in [6, 6.07) is 0. The number of carboxylic acid groups (broad SMARTS) is 1. The van der Waals surface area contributed by atoms with Gasteiger partial charge in [-0.1, -0.05) is 11.6 Å². The van der Waals surface area contributed by atoms with Crippen molar-refractivity contribution >= 4 is 34.8 Å². The Hall–Kier alpha value is -1.11. The highest BCUT2D eigenvalue weighted by molar-refractivity contribution is 7.13. The number of ether oxygens (including phenoxy) is 1. The summed E-state index contributed by atoms with van der Waals surface area (Å²) >= 11 is 7.51. The van der Waals surface area contributed by atoms with Gasteiger partial charge in [-0.3, -0.25) is 9.59 Å². The Morgan fingerprint density at radius 1 is 1.48 bits per heavy atom. The van der Waals surface area contributed by atoms with E-state index in [4.69, 9.17) is 21.4 Å². The van der Waals surface area contributed by atoms with Gasteiger partial charge in [-0.05, 0) is 30.7 Å². The molecule has 1 amide bonds. The number of thiophene rings is 1. The summed E-state index contributed by atoms with van der Waals surface area (Å²) in [6.45, 7) is 3.34. The van der Waals surface area contributed by atoms with Gasteiger partial charge in [0.05, 0.1) is 24.2 Å². The van der Waals surface area contributed by atoms with Crippen LogP contribution in [0.3, 0.4) is 0 Å². The van der Waals surface area contributed by atoms with E-state index in [1.165, 1.54) is 11.3 Å². The van der Waals surface area contributed by atoms with Crippen molar-refractivity contribution in [2.45, 2.75) is 32.3 Å². The number of hydrogen-bond acceptors (Lipinski definition) is 4. The first-order chi connectivity index (χ1) is 9.99. The van der Waals surface area contributed by atoms with E-state index in [1.807, 2.05) is 12.3 Å². The molecule has 0 unspecified atom stereocenters. The molecule has 0 spiro atoms. The molecule has 1 aromatic heterocycles. The summed E-state index contributed by atoms with van der Waals surface area (Å²) in [5.41, 5.74) is 0.928. The lowest BCUT2D eigenvalue weighted by Gasteiger charge is -2.31. The molecular formula is C14H18ClNO4S. The number of carbonyl (C=O) groups is 2. The number of carboxylic acids is 1. The van der Waals surface area contributed by atoms with E-state index in [0.29, 0.717) is 23.0 Å². The van der Waals surface area contributed by atoms with Gasteiger partial charge < -0.3 is 14.7 Å². The van der Waals surface area contributed by atoms with Gasteiger partial charge in [0, 0.05) is 13.1 Å². The summed E-state index contributed by atoms with van der Waals surface area (Å²) in [4.78, 5) is 25.2. The molecule has 1 aliphatic rings. The molecule has 1 fully saturated rings. The molecular weight excluding hydrogens is 314 g/mol. The molecule has 1 aromatic rings. The lowest BCUT2D eigenvalue weighted by molar-refractivity contribution is -0.138. The largest absolute Gasteiger partial charge is 0.481 e. The number of hydrogen-bond donors (Lipinski definition) is 1. The highest BCUT2D eigenvalue weighted by Crippen LogP contribution is 2.29. The average Bonchev–Trinajstić information content (AvgIpc) is 2.79. The third-order valence-corrected chi connectivity index (χ3v) is 5.18. The summed E-state index contributed by atoms with van der Waals surface area (Å²) in [5.74, 6) is -0.882. The molecule has 0 saturated carbocycles. The molecule has 1 aliphatic heterocycles. The molecule has 0 atom stereocenters. The maximum Gasteiger partial charge on any atom is 0.305 e. The van der Waals surface area contributed by atoms with Crippen LogP contribution in [0.25, 0.3) is 0 Å². The molecule has 21 heavy (non-hydrogen) atoms. The molecule has 0 aromatic carbocycles. The number of aliphatic carboxylic acids is 1. The monoisotopic (exact) mass is 331 g/mol. The number of piperidine rings is 1. The van der Waals surface area contributed by atoms with Gasteiger partial charge in [0.1, 0.15) is 4.88 Å². The molecule has 5 nitrogen and oxygen atoms in total. The van der Waals surface area contributed by atoms with Crippen molar-refractivity contribution in [2.75, 3.05) is 19.7 Å². The number of amides is 1. The van der Waals surface area contributed by atoms with Crippen molar-refractivity contribution in [1.82, 2.24) is 4.90 Å². The maximum atomic E-state index is 12.4. The van der Waals surface area contributed by atoms with Gasteiger partial charge in [-0.25, -0.2) is 0 Å². The Bertz CT molecular complexity index is 523. The predicted molar refractivity (Wildman–Crippen MR) is 81.2 cm³/mol. The number of rotatable bonds is 5.